The van der Waals surface area contributed by atoms with Crippen LogP contribution in [0.4, 0.5) is 4.79 Å². The van der Waals surface area contributed by atoms with Crippen molar-refractivity contribution in [2.75, 3.05) is 13.7 Å². The molecule has 6 nitrogen and oxygen atoms in total. The highest BCUT2D eigenvalue weighted by Crippen LogP contribution is 2.29. The molecule has 1 heterocycles. The summed E-state index contributed by atoms with van der Waals surface area (Å²) < 4.78 is 16.7. The van der Waals surface area contributed by atoms with Crippen LogP contribution in [-0.2, 0) is 20.9 Å². The fourth-order valence-corrected chi connectivity index (χ4v) is 4.80. The molecule has 3 aromatic carbocycles. The summed E-state index contributed by atoms with van der Waals surface area (Å²) in [7, 11) is 1.66. The Hall–Kier alpha value is -4.16. The van der Waals surface area contributed by atoms with Gasteiger partial charge >= 0.3 is 6.09 Å². The molecule has 0 aliphatic carbocycles. The van der Waals surface area contributed by atoms with E-state index in [9.17, 15) is 9.59 Å². The van der Waals surface area contributed by atoms with Gasteiger partial charge in [-0.15, -0.1) is 0 Å². The molecule has 214 valence electrons. The Morgan fingerprint density at radius 1 is 0.951 bits per heavy atom. The third-order valence-corrected chi connectivity index (χ3v) is 7.09. The van der Waals surface area contributed by atoms with Gasteiger partial charge in [-0.2, -0.15) is 0 Å². The number of allylic oxidation sites excluding steroid dienone is 3. The molecular weight excluding hydrogens is 514 g/mol. The third kappa shape index (κ3) is 8.92. The standard InChI is InChI=1S/C35H39NO5/c1-27(24-34(37)36-32(26-41-35(36)38)29-15-9-6-10-16-29)14-8-4-3-5-13-19-33(30-17-11-7-12-18-30)40-25-28-20-22-31(39-2)23-21-28/h5-18,20-23,27,32-33H,3-4,19,24-26H2,1-2H3/b13-5-,14-8+/t27-,32+,33+/m0/s1. The minimum absolute atomic E-state index is 0.0186. The van der Waals surface area contributed by atoms with Gasteiger partial charge in [0.1, 0.15) is 18.4 Å². The quantitative estimate of drug-likeness (QED) is 0.150. The Labute approximate surface area is 243 Å². The molecule has 1 saturated heterocycles. The number of nitrogens with zero attached hydrogens (tertiary/aromatic N) is 1. The van der Waals surface area contributed by atoms with E-state index in [0.29, 0.717) is 6.61 Å². The molecule has 3 aromatic rings. The maximum atomic E-state index is 12.9. The number of cyclic esters (lactones) is 1. The molecule has 0 aromatic heterocycles. The van der Waals surface area contributed by atoms with Crippen LogP contribution in [0.5, 0.6) is 5.75 Å². The van der Waals surface area contributed by atoms with Gasteiger partial charge in [0.2, 0.25) is 5.91 Å². The van der Waals surface area contributed by atoms with Crippen molar-refractivity contribution in [1.82, 2.24) is 4.90 Å². The maximum Gasteiger partial charge on any atom is 0.417 e. The number of hydrogen-bond acceptors (Lipinski definition) is 5. The lowest BCUT2D eigenvalue weighted by Crippen LogP contribution is -2.34. The van der Waals surface area contributed by atoms with Crippen molar-refractivity contribution < 1.29 is 23.8 Å². The smallest absolute Gasteiger partial charge is 0.417 e. The fraction of sp³-hybridized carbons (Fsp3) is 0.314. The van der Waals surface area contributed by atoms with Gasteiger partial charge in [-0.3, -0.25) is 4.79 Å². The SMILES string of the molecule is COc1ccc(CO[C@H](C/C=C\CC/C=C/[C@H](C)CC(=O)N2C(=O)OC[C@@H]2c2ccccc2)c2ccccc2)cc1. The lowest BCUT2D eigenvalue weighted by atomic mass is 10.0. The number of benzene rings is 3. The van der Waals surface area contributed by atoms with E-state index >= 15 is 0 Å². The van der Waals surface area contributed by atoms with Gasteiger partial charge in [0, 0.05) is 6.42 Å². The lowest BCUT2D eigenvalue weighted by molar-refractivity contribution is -0.129. The van der Waals surface area contributed by atoms with Crippen LogP contribution < -0.4 is 4.74 Å². The summed E-state index contributed by atoms with van der Waals surface area (Å²) in [6.07, 6.45) is 10.7. The molecule has 0 unspecified atom stereocenters. The molecule has 4 rings (SSSR count). The first-order valence-electron chi connectivity index (χ1n) is 14.2. The van der Waals surface area contributed by atoms with Crippen molar-refractivity contribution in [3.8, 4) is 5.75 Å². The molecule has 0 bridgehead atoms. The third-order valence-electron chi connectivity index (χ3n) is 7.09. The highest BCUT2D eigenvalue weighted by Gasteiger charge is 2.38. The van der Waals surface area contributed by atoms with E-state index in [1.807, 2.05) is 79.7 Å². The van der Waals surface area contributed by atoms with Crippen LogP contribution >= 0.6 is 0 Å². The van der Waals surface area contributed by atoms with Crippen molar-refractivity contribution >= 4 is 12.0 Å². The summed E-state index contributed by atoms with van der Waals surface area (Å²) in [4.78, 5) is 26.5. The zero-order valence-electron chi connectivity index (χ0n) is 23.9. The minimum atomic E-state index is -0.563. The maximum absolute atomic E-state index is 12.9. The molecule has 1 fully saturated rings. The normalized spacial score (nSPS) is 16.7. The molecule has 2 amide bonds. The molecule has 41 heavy (non-hydrogen) atoms. The van der Waals surface area contributed by atoms with Gasteiger partial charge in [0.25, 0.3) is 0 Å². The number of carbonyl (C=O) groups is 2. The van der Waals surface area contributed by atoms with Crippen LogP contribution in [-0.4, -0.2) is 30.6 Å². The largest absolute Gasteiger partial charge is 0.497 e. The topological polar surface area (TPSA) is 65.1 Å². The van der Waals surface area contributed by atoms with Gasteiger partial charge in [0.15, 0.2) is 0 Å². The van der Waals surface area contributed by atoms with Gasteiger partial charge < -0.3 is 14.2 Å². The predicted molar refractivity (Wildman–Crippen MR) is 160 cm³/mol. The molecule has 0 radical (unpaired) electrons. The summed E-state index contributed by atoms with van der Waals surface area (Å²) in [5.41, 5.74) is 3.16. The Balaban J connectivity index is 1.22. The van der Waals surface area contributed by atoms with Gasteiger partial charge in [-0.05, 0) is 54.0 Å². The molecule has 1 aliphatic rings. The first kappa shape index (κ1) is 29.8. The highest BCUT2D eigenvalue weighted by atomic mass is 16.6. The minimum Gasteiger partial charge on any atom is -0.497 e. The molecule has 0 saturated carbocycles. The average molecular weight is 554 g/mol. The molecule has 0 spiro atoms. The van der Waals surface area contributed by atoms with E-state index in [-0.39, 0.29) is 37.0 Å². The van der Waals surface area contributed by atoms with E-state index < -0.39 is 6.09 Å². The van der Waals surface area contributed by atoms with E-state index in [4.69, 9.17) is 14.2 Å². The molecule has 3 atom stereocenters. The molecule has 0 N–H and O–H groups in total. The van der Waals surface area contributed by atoms with Crippen LogP contribution in [0.15, 0.2) is 109 Å². The van der Waals surface area contributed by atoms with Crippen molar-refractivity contribution in [3.05, 3.63) is 126 Å². The summed E-state index contributed by atoms with van der Waals surface area (Å²) in [5.74, 6) is 0.643. The monoisotopic (exact) mass is 553 g/mol. The van der Waals surface area contributed by atoms with Crippen molar-refractivity contribution in [1.29, 1.82) is 0 Å². The first-order valence-corrected chi connectivity index (χ1v) is 14.2. The van der Waals surface area contributed by atoms with Crippen molar-refractivity contribution in [3.63, 3.8) is 0 Å². The van der Waals surface area contributed by atoms with Crippen LogP contribution in [0, 0.1) is 5.92 Å². The van der Waals surface area contributed by atoms with E-state index in [1.165, 1.54) is 4.90 Å². The highest BCUT2D eigenvalue weighted by molar-refractivity contribution is 5.93. The Kier molecular flexibility index (Phi) is 11.3. The van der Waals surface area contributed by atoms with Crippen LogP contribution in [0.1, 0.15) is 61.4 Å². The van der Waals surface area contributed by atoms with E-state index in [1.54, 1.807) is 7.11 Å². The summed E-state index contributed by atoms with van der Waals surface area (Å²) in [6, 6.07) is 27.4. The summed E-state index contributed by atoms with van der Waals surface area (Å²) >= 11 is 0. The Bertz CT molecular complexity index is 1290. The summed E-state index contributed by atoms with van der Waals surface area (Å²) in [6.45, 7) is 2.72. The number of ether oxygens (including phenoxy) is 3. The molecule has 6 heteroatoms. The Morgan fingerprint density at radius 3 is 2.34 bits per heavy atom. The fourth-order valence-electron chi connectivity index (χ4n) is 4.80. The first-order chi connectivity index (χ1) is 20.0. The van der Waals surface area contributed by atoms with Gasteiger partial charge in [0.05, 0.1) is 19.8 Å². The number of methoxy groups -OCH3 is 1. The van der Waals surface area contributed by atoms with Crippen LogP contribution in [0.2, 0.25) is 0 Å². The lowest BCUT2D eigenvalue weighted by Gasteiger charge is -2.20. The number of unbranched alkanes of at least 4 members (excludes halogenated alkanes) is 1. The molecule has 1 aliphatic heterocycles. The van der Waals surface area contributed by atoms with Crippen molar-refractivity contribution in [2.24, 2.45) is 5.92 Å². The zero-order chi connectivity index (χ0) is 28.9. The van der Waals surface area contributed by atoms with Gasteiger partial charge in [-0.25, -0.2) is 9.69 Å². The van der Waals surface area contributed by atoms with E-state index in [2.05, 4.69) is 36.4 Å². The number of rotatable bonds is 14. The summed E-state index contributed by atoms with van der Waals surface area (Å²) in [5, 5.41) is 0. The van der Waals surface area contributed by atoms with Crippen molar-refractivity contribution in [2.45, 2.75) is 51.4 Å². The van der Waals surface area contributed by atoms with Gasteiger partial charge in [-0.1, -0.05) is 104 Å². The average Bonchev–Trinajstić information content (AvgIpc) is 3.40. The number of hydrogen-bond donors (Lipinski definition) is 0. The van der Waals surface area contributed by atoms with Crippen LogP contribution in [0.3, 0.4) is 0 Å². The Morgan fingerprint density at radius 2 is 1.63 bits per heavy atom. The number of amides is 2. The second-order valence-electron chi connectivity index (χ2n) is 10.2. The second kappa shape index (κ2) is 15.6. The zero-order valence-corrected chi connectivity index (χ0v) is 23.9. The second-order valence-corrected chi connectivity index (χ2v) is 10.2. The predicted octanol–water partition coefficient (Wildman–Crippen LogP) is 7.98. The van der Waals surface area contributed by atoms with E-state index in [0.717, 1.165) is 41.7 Å². The number of imide groups is 1. The van der Waals surface area contributed by atoms with Crippen LogP contribution in [0.25, 0.3) is 0 Å². The number of carbonyl (C=O) groups excluding carboxylic acids is 2. The molecular formula is C35H39NO5.